The van der Waals surface area contributed by atoms with E-state index in [1.807, 2.05) is 0 Å². The van der Waals surface area contributed by atoms with Crippen molar-refractivity contribution in [2.24, 2.45) is 5.92 Å². The molecule has 0 saturated carbocycles. The summed E-state index contributed by atoms with van der Waals surface area (Å²) in [7, 11) is 0. The number of aryl methyl sites for hydroxylation is 2. The molecular weight excluding hydrogens is 208 g/mol. The van der Waals surface area contributed by atoms with Crippen molar-refractivity contribution in [1.29, 1.82) is 5.26 Å². The molecular formula is C15H20N2. The van der Waals surface area contributed by atoms with Crippen LogP contribution in [0.25, 0.3) is 0 Å². The molecule has 1 aliphatic rings. The highest BCUT2D eigenvalue weighted by Crippen LogP contribution is 2.26. The maximum atomic E-state index is 8.70. The van der Waals surface area contributed by atoms with Crippen molar-refractivity contribution < 1.29 is 0 Å². The average molecular weight is 228 g/mol. The van der Waals surface area contributed by atoms with Gasteiger partial charge in [-0.3, -0.25) is 0 Å². The largest absolute Gasteiger partial charge is 0.372 e. The molecule has 17 heavy (non-hydrogen) atoms. The van der Waals surface area contributed by atoms with E-state index in [0.717, 1.165) is 32.4 Å². The first kappa shape index (κ1) is 12.0. The zero-order valence-electron chi connectivity index (χ0n) is 10.7. The van der Waals surface area contributed by atoms with Gasteiger partial charge in [-0.05, 0) is 55.9 Å². The molecule has 0 aromatic heterocycles. The summed E-state index contributed by atoms with van der Waals surface area (Å²) in [6.45, 7) is 6.50. The molecule has 0 radical (unpaired) electrons. The molecule has 1 saturated heterocycles. The van der Waals surface area contributed by atoms with Gasteiger partial charge in [0.2, 0.25) is 0 Å². The summed E-state index contributed by atoms with van der Waals surface area (Å²) in [5, 5.41) is 8.70. The number of hydrogen-bond donors (Lipinski definition) is 0. The Labute approximate surface area is 104 Å². The van der Waals surface area contributed by atoms with Crippen molar-refractivity contribution in [1.82, 2.24) is 0 Å². The van der Waals surface area contributed by atoms with Crippen molar-refractivity contribution in [2.45, 2.75) is 33.1 Å². The van der Waals surface area contributed by atoms with Gasteiger partial charge in [0.25, 0.3) is 0 Å². The van der Waals surface area contributed by atoms with Crippen LogP contribution in [0, 0.1) is 31.1 Å². The summed E-state index contributed by atoms with van der Waals surface area (Å²) in [5.41, 5.74) is 4.05. The third kappa shape index (κ3) is 2.79. The molecule has 2 rings (SSSR count). The highest BCUT2D eigenvalue weighted by atomic mass is 15.1. The van der Waals surface area contributed by atoms with Crippen LogP contribution in [0.3, 0.4) is 0 Å². The monoisotopic (exact) mass is 228 g/mol. The summed E-state index contributed by atoms with van der Waals surface area (Å²) in [6.07, 6.45) is 3.03. The molecule has 0 spiro atoms. The van der Waals surface area contributed by atoms with E-state index in [0.29, 0.717) is 5.92 Å². The van der Waals surface area contributed by atoms with E-state index in [2.05, 4.69) is 43.0 Å². The maximum absolute atomic E-state index is 8.70. The van der Waals surface area contributed by atoms with Crippen molar-refractivity contribution in [3.63, 3.8) is 0 Å². The topological polar surface area (TPSA) is 27.0 Å². The van der Waals surface area contributed by atoms with Crippen LogP contribution in [0.2, 0.25) is 0 Å². The molecule has 0 N–H and O–H groups in total. The molecule has 0 aliphatic carbocycles. The zero-order chi connectivity index (χ0) is 12.3. The molecule has 0 atom stereocenters. The normalized spacial score (nSPS) is 16.9. The van der Waals surface area contributed by atoms with Crippen molar-refractivity contribution in [3.8, 4) is 6.07 Å². The smallest absolute Gasteiger partial charge is 0.0624 e. The van der Waals surface area contributed by atoms with Gasteiger partial charge in [-0.25, -0.2) is 0 Å². The van der Waals surface area contributed by atoms with Crippen molar-refractivity contribution in [2.75, 3.05) is 18.0 Å². The second-order valence-corrected chi connectivity index (χ2v) is 5.06. The van der Waals surface area contributed by atoms with Gasteiger partial charge in [-0.1, -0.05) is 6.07 Å². The molecule has 90 valence electrons. The van der Waals surface area contributed by atoms with Crippen LogP contribution >= 0.6 is 0 Å². The van der Waals surface area contributed by atoms with Crippen LogP contribution in [0.5, 0.6) is 0 Å². The molecule has 1 heterocycles. The summed E-state index contributed by atoms with van der Waals surface area (Å²) in [5.74, 6) is 0.614. The molecule has 0 bridgehead atoms. The molecule has 0 amide bonds. The number of piperidine rings is 1. The number of hydrogen-bond acceptors (Lipinski definition) is 2. The Bertz CT molecular complexity index is 423. The average Bonchev–Trinajstić information content (AvgIpc) is 2.34. The van der Waals surface area contributed by atoms with Gasteiger partial charge in [0.1, 0.15) is 0 Å². The highest BCUT2D eigenvalue weighted by Gasteiger charge is 2.19. The van der Waals surface area contributed by atoms with Gasteiger partial charge in [0, 0.05) is 25.2 Å². The third-order valence-electron chi connectivity index (χ3n) is 3.85. The lowest BCUT2D eigenvalue weighted by atomic mass is 9.93. The first-order chi connectivity index (χ1) is 8.20. The quantitative estimate of drug-likeness (QED) is 0.775. The number of anilines is 1. The van der Waals surface area contributed by atoms with Gasteiger partial charge < -0.3 is 4.90 Å². The van der Waals surface area contributed by atoms with Gasteiger partial charge in [-0.15, -0.1) is 0 Å². The van der Waals surface area contributed by atoms with E-state index in [1.165, 1.54) is 16.8 Å². The Morgan fingerprint density at radius 3 is 2.53 bits per heavy atom. The van der Waals surface area contributed by atoms with Crippen molar-refractivity contribution >= 4 is 5.69 Å². The minimum Gasteiger partial charge on any atom is -0.372 e. The predicted molar refractivity (Wildman–Crippen MR) is 71.1 cm³/mol. The first-order valence-electron chi connectivity index (χ1n) is 6.40. The Morgan fingerprint density at radius 2 is 1.94 bits per heavy atom. The molecule has 2 nitrogen and oxygen atoms in total. The molecule has 0 unspecified atom stereocenters. The Hall–Kier alpha value is -1.49. The molecule has 1 aromatic carbocycles. The Kier molecular flexibility index (Phi) is 3.68. The van der Waals surface area contributed by atoms with Crippen LogP contribution in [0.4, 0.5) is 5.69 Å². The lowest BCUT2D eigenvalue weighted by Gasteiger charge is -2.33. The molecule has 2 heteroatoms. The van der Waals surface area contributed by atoms with E-state index < -0.39 is 0 Å². The van der Waals surface area contributed by atoms with Gasteiger partial charge in [0.15, 0.2) is 0 Å². The number of benzene rings is 1. The minimum absolute atomic E-state index is 0.614. The van der Waals surface area contributed by atoms with Gasteiger partial charge >= 0.3 is 0 Å². The summed E-state index contributed by atoms with van der Waals surface area (Å²) in [4.78, 5) is 2.44. The lowest BCUT2D eigenvalue weighted by Crippen LogP contribution is -2.33. The SMILES string of the molecule is Cc1ccc(N2CCC(CC#N)CC2)cc1C. The second kappa shape index (κ2) is 5.23. The van der Waals surface area contributed by atoms with Crippen LogP contribution in [0.1, 0.15) is 30.4 Å². The van der Waals surface area contributed by atoms with Gasteiger partial charge in [-0.2, -0.15) is 5.26 Å². The fourth-order valence-electron chi connectivity index (χ4n) is 2.45. The van der Waals surface area contributed by atoms with E-state index >= 15 is 0 Å². The van der Waals surface area contributed by atoms with Gasteiger partial charge in [0.05, 0.1) is 6.07 Å². The van der Waals surface area contributed by atoms with Crippen molar-refractivity contribution in [3.05, 3.63) is 29.3 Å². The summed E-state index contributed by atoms with van der Waals surface area (Å²) in [6, 6.07) is 8.98. The van der Waals surface area contributed by atoms with E-state index in [9.17, 15) is 0 Å². The van der Waals surface area contributed by atoms with E-state index in [1.54, 1.807) is 0 Å². The van der Waals surface area contributed by atoms with E-state index in [-0.39, 0.29) is 0 Å². The Balaban J connectivity index is 2.01. The predicted octanol–water partition coefficient (Wildman–Crippen LogP) is 3.43. The lowest BCUT2D eigenvalue weighted by molar-refractivity contribution is 0.413. The summed E-state index contributed by atoms with van der Waals surface area (Å²) < 4.78 is 0. The molecule has 1 aliphatic heterocycles. The van der Waals surface area contributed by atoms with Crippen LogP contribution in [0.15, 0.2) is 18.2 Å². The number of nitrogens with zero attached hydrogens (tertiary/aromatic N) is 2. The Morgan fingerprint density at radius 1 is 1.24 bits per heavy atom. The first-order valence-corrected chi connectivity index (χ1v) is 6.40. The fraction of sp³-hybridized carbons (Fsp3) is 0.533. The van der Waals surface area contributed by atoms with Crippen LogP contribution in [-0.4, -0.2) is 13.1 Å². The number of rotatable bonds is 2. The standard InChI is InChI=1S/C15H20N2/c1-12-3-4-15(11-13(12)2)17-9-6-14(5-8-16)7-10-17/h3-4,11,14H,5-7,9-10H2,1-2H3. The van der Waals surface area contributed by atoms with Crippen LogP contribution in [-0.2, 0) is 0 Å². The second-order valence-electron chi connectivity index (χ2n) is 5.06. The third-order valence-corrected chi connectivity index (χ3v) is 3.85. The fourth-order valence-corrected chi connectivity index (χ4v) is 2.45. The number of nitriles is 1. The highest BCUT2D eigenvalue weighted by molar-refractivity contribution is 5.50. The molecule has 1 aromatic rings. The summed E-state index contributed by atoms with van der Waals surface area (Å²) >= 11 is 0. The zero-order valence-corrected chi connectivity index (χ0v) is 10.7. The van der Waals surface area contributed by atoms with Crippen LogP contribution < -0.4 is 4.90 Å². The minimum atomic E-state index is 0.614. The van der Waals surface area contributed by atoms with E-state index in [4.69, 9.17) is 5.26 Å². The molecule has 1 fully saturated rings. The maximum Gasteiger partial charge on any atom is 0.0624 e.